The number of nitrogens with zero attached hydrogens (tertiary/aromatic N) is 1. The van der Waals surface area contributed by atoms with Gasteiger partial charge in [-0.3, -0.25) is 4.79 Å². The van der Waals surface area contributed by atoms with E-state index in [-0.39, 0.29) is 24.7 Å². The van der Waals surface area contributed by atoms with Crippen molar-refractivity contribution in [3.05, 3.63) is 29.3 Å². The highest BCUT2D eigenvalue weighted by atomic mass is 16.5. The molecule has 1 aliphatic heterocycles. The number of aryl methyl sites for hydroxylation is 1. The molecule has 21 heavy (non-hydrogen) atoms. The van der Waals surface area contributed by atoms with Gasteiger partial charge in [0.05, 0.1) is 6.10 Å². The summed E-state index contributed by atoms with van der Waals surface area (Å²) in [6, 6.07) is 5.85. The molecule has 1 aliphatic rings. The molecule has 1 aromatic rings. The zero-order valence-electron chi connectivity index (χ0n) is 13.0. The lowest BCUT2D eigenvalue weighted by molar-refractivity contribution is -0.137. The summed E-state index contributed by atoms with van der Waals surface area (Å²) >= 11 is 0. The first-order valence-corrected chi connectivity index (χ1v) is 7.28. The van der Waals surface area contributed by atoms with Crippen LogP contribution in [0.25, 0.3) is 0 Å². The number of piperidine rings is 1. The number of amides is 1. The molecule has 1 fully saturated rings. The second kappa shape index (κ2) is 6.91. The van der Waals surface area contributed by atoms with Gasteiger partial charge in [-0.2, -0.15) is 0 Å². The van der Waals surface area contributed by atoms with E-state index < -0.39 is 0 Å². The molecule has 0 radical (unpaired) electrons. The number of methoxy groups -OCH3 is 1. The van der Waals surface area contributed by atoms with Gasteiger partial charge in [0.2, 0.25) is 0 Å². The number of benzene rings is 1. The smallest absolute Gasteiger partial charge is 0.260 e. The normalized spacial score (nSPS) is 22.2. The summed E-state index contributed by atoms with van der Waals surface area (Å²) in [5, 5.41) is 0. The zero-order chi connectivity index (χ0) is 15.4. The summed E-state index contributed by atoms with van der Waals surface area (Å²) in [5.74, 6) is 0.741. The number of hydrogen-bond donors (Lipinski definition) is 1. The molecular formula is C16H24N2O3. The molecular weight excluding hydrogens is 268 g/mol. The number of carbonyl (C=O) groups excluding carboxylic acids is 1. The second-order valence-electron chi connectivity index (χ2n) is 5.55. The van der Waals surface area contributed by atoms with Crippen molar-refractivity contribution in [2.45, 2.75) is 32.4 Å². The number of hydrogen-bond acceptors (Lipinski definition) is 4. The van der Waals surface area contributed by atoms with E-state index in [4.69, 9.17) is 15.2 Å². The Balaban J connectivity index is 1.91. The van der Waals surface area contributed by atoms with E-state index in [0.29, 0.717) is 13.1 Å². The van der Waals surface area contributed by atoms with E-state index in [2.05, 4.69) is 0 Å². The van der Waals surface area contributed by atoms with E-state index in [0.717, 1.165) is 23.3 Å². The van der Waals surface area contributed by atoms with Crippen LogP contribution in [0.1, 0.15) is 17.5 Å². The average Bonchev–Trinajstić information content (AvgIpc) is 2.49. The third-order valence-corrected chi connectivity index (χ3v) is 4.17. The largest absolute Gasteiger partial charge is 0.483 e. The molecule has 116 valence electrons. The van der Waals surface area contributed by atoms with Crippen molar-refractivity contribution in [1.29, 1.82) is 0 Å². The first-order chi connectivity index (χ1) is 10.0. The van der Waals surface area contributed by atoms with Crippen LogP contribution in [0.3, 0.4) is 0 Å². The van der Waals surface area contributed by atoms with Crippen LogP contribution in [0.5, 0.6) is 5.75 Å². The van der Waals surface area contributed by atoms with Crippen LogP contribution < -0.4 is 10.5 Å². The monoisotopic (exact) mass is 292 g/mol. The Labute approximate surface area is 126 Å². The Bertz CT molecular complexity index is 504. The van der Waals surface area contributed by atoms with E-state index in [9.17, 15) is 4.79 Å². The molecule has 0 saturated carbocycles. The second-order valence-corrected chi connectivity index (χ2v) is 5.55. The van der Waals surface area contributed by atoms with E-state index in [1.165, 1.54) is 0 Å². The standard InChI is InChI=1S/C16H24N2O3/c1-11-5-4-6-14(12(11)2)21-10-16(19)18-8-7-13(17)15(9-18)20-3/h4-6,13,15H,7-10,17H2,1-3H3/t13-,15+/m0/s1. The highest BCUT2D eigenvalue weighted by molar-refractivity contribution is 5.78. The van der Waals surface area contributed by atoms with Gasteiger partial charge in [0, 0.05) is 26.2 Å². The fraction of sp³-hybridized carbons (Fsp3) is 0.562. The van der Waals surface area contributed by atoms with Gasteiger partial charge >= 0.3 is 0 Å². The molecule has 5 heteroatoms. The third kappa shape index (κ3) is 3.74. The molecule has 2 N–H and O–H groups in total. The van der Waals surface area contributed by atoms with Gasteiger partial charge in [-0.25, -0.2) is 0 Å². The van der Waals surface area contributed by atoms with Crippen LogP contribution in [-0.4, -0.2) is 49.8 Å². The first kappa shape index (κ1) is 15.8. The van der Waals surface area contributed by atoms with Crippen LogP contribution >= 0.6 is 0 Å². The Hall–Kier alpha value is -1.59. The van der Waals surface area contributed by atoms with Crippen molar-refractivity contribution >= 4 is 5.91 Å². The molecule has 1 heterocycles. The van der Waals surface area contributed by atoms with Crippen molar-refractivity contribution < 1.29 is 14.3 Å². The molecule has 0 spiro atoms. The lowest BCUT2D eigenvalue weighted by atomic mass is 10.0. The molecule has 1 amide bonds. The van der Waals surface area contributed by atoms with Crippen molar-refractivity contribution in [2.75, 3.05) is 26.8 Å². The fourth-order valence-electron chi connectivity index (χ4n) is 2.52. The molecule has 0 bridgehead atoms. The number of rotatable bonds is 4. The summed E-state index contributed by atoms with van der Waals surface area (Å²) in [4.78, 5) is 14.0. The Morgan fingerprint density at radius 1 is 1.43 bits per heavy atom. The predicted molar refractivity (Wildman–Crippen MR) is 81.4 cm³/mol. The average molecular weight is 292 g/mol. The van der Waals surface area contributed by atoms with Gasteiger partial charge in [0.25, 0.3) is 5.91 Å². The molecule has 5 nitrogen and oxygen atoms in total. The Morgan fingerprint density at radius 3 is 2.90 bits per heavy atom. The zero-order valence-corrected chi connectivity index (χ0v) is 13.0. The Kier molecular flexibility index (Phi) is 5.20. The van der Waals surface area contributed by atoms with Crippen molar-refractivity contribution in [2.24, 2.45) is 5.73 Å². The summed E-state index contributed by atoms with van der Waals surface area (Å²) in [6.07, 6.45) is 0.664. The molecule has 2 rings (SSSR count). The highest BCUT2D eigenvalue weighted by Gasteiger charge is 2.29. The Morgan fingerprint density at radius 2 is 2.19 bits per heavy atom. The molecule has 1 saturated heterocycles. The maximum atomic E-state index is 12.2. The fourth-order valence-corrected chi connectivity index (χ4v) is 2.52. The van der Waals surface area contributed by atoms with E-state index >= 15 is 0 Å². The SMILES string of the molecule is CO[C@@H]1CN(C(=O)COc2cccc(C)c2C)CC[C@@H]1N. The van der Waals surface area contributed by atoms with Crippen molar-refractivity contribution in [3.8, 4) is 5.75 Å². The number of nitrogens with two attached hydrogens (primary N) is 1. The molecule has 2 atom stereocenters. The summed E-state index contributed by atoms with van der Waals surface area (Å²) < 4.78 is 11.0. The number of ether oxygens (including phenoxy) is 2. The molecule has 0 unspecified atom stereocenters. The van der Waals surface area contributed by atoms with Crippen LogP contribution in [0.15, 0.2) is 18.2 Å². The summed E-state index contributed by atoms with van der Waals surface area (Å²) in [7, 11) is 1.63. The quantitative estimate of drug-likeness (QED) is 0.907. The molecule has 0 aliphatic carbocycles. The molecule has 0 aromatic heterocycles. The van der Waals surface area contributed by atoms with Gasteiger partial charge in [0.15, 0.2) is 6.61 Å². The topological polar surface area (TPSA) is 64.8 Å². The minimum absolute atomic E-state index is 0.000939. The maximum absolute atomic E-state index is 12.2. The molecule has 1 aromatic carbocycles. The summed E-state index contributed by atoms with van der Waals surface area (Å²) in [6.45, 7) is 5.27. The number of carbonyl (C=O) groups is 1. The van der Waals surface area contributed by atoms with Crippen LogP contribution in [0.2, 0.25) is 0 Å². The first-order valence-electron chi connectivity index (χ1n) is 7.28. The van der Waals surface area contributed by atoms with Gasteiger partial charge in [-0.1, -0.05) is 12.1 Å². The van der Waals surface area contributed by atoms with Crippen LogP contribution in [0.4, 0.5) is 0 Å². The minimum atomic E-state index is -0.0941. The lowest BCUT2D eigenvalue weighted by Gasteiger charge is -2.35. The number of likely N-dealkylation sites (tertiary alicyclic amines) is 1. The van der Waals surface area contributed by atoms with Crippen molar-refractivity contribution in [1.82, 2.24) is 4.90 Å². The minimum Gasteiger partial charge on any atom is -0.483 e. The predicted octanol–water partition coefficient (Wildman–Crippen LogP) is 1.26. The van der Waals surface area contributed by atoms with Gasteiger partial charge < -0.3 is 20.1 Å². The highest BCUT2D eigenvalue weighted by Crippen LogP contribution is 2.20. The third-order valence-electron chi connectivity index (χ3n) is 4.17. The van der Waals surface area contributed by atoms with Gasteiger partial charge in [-0.15, -0.1) is 0 Å². The van der Waals surface area contributed by atoms with Gasteiger partial charge in [0.1, 0.15) is 5.75 Å². The summed E-state index contributed by atoms with van der Waals surface area (Å²) in [5.41, 5.74) is 8.19. The van der Waals surface area contributed by atoms with Crippen molar-refractivity contribution in [3.63, 3.8) is 0 Å². The van der Waals surface area contributed by atoms with Crippen LogP contribution in [0, 0.1) is 13.8 Å². The maximum Gasteiger partial charge on any atom is 0.260 e. The van der Waals surface area contributed by atoms with E-state index in [1.807, 2.05) is 32.0 Å². The van der Waals surface area contributed by atoms with Gasteiger partial charge in [-0.05, 0) is 37.5 Å². The lowest BCUT2D eigenvalue weighted by Crippen LogP contribution is -2.53. The van der Waals surface area contributed by atoms with E-state index in [1.54, 1.807) is 12.0 Å². The van der Waals surface area contributed by atoms with Crippen LogP contribution in [-0.2, 0) is 9.53 Å².